The topological polar surface area (TPSA) is 26.3 Å². The second-order valence-corrected chi connectivity index (χ2v) is 6.64. The Morgan fingerprint density at radius 1 is 1.26 bits per heavy atom. The second kappa shape index (κ2) is 7.89. The maximum atomic E-state index is 13.1. The first kappa shape index (κ1) is 17.9. The van der Waals surface area contributed by atoms with Gasteiger partial charge >= 0.3 is 5.97 Å². The lowest BCUT2D eigenvalue weighted by Gasteiger charge is -2.17. The van der Waals surface area contributed by atoms with E-state index in [9.17, 15) is 13.6 Å². The van der Waals surface area contributed by atoms with Gasteiger partial charge < -0.3 is 4.74 Å². The van der Waals surface area contributed by atoms with Gasteiger partial charge in [-0.3, -0.25) is 4.79 Å². The minimum Gasteiger partial charge on any atom is -0.459 e. The van der Waals surface area contributed by atoms with Crippen molar-refractivity contribution in [1.82, 2.24) is 0 Å². The minimum atomic E-state index is -2.94. The summed E-state index contributed by atoms with van der Waals surface area (Å²) in [6.07, 6.45) is 6.01. The fourth-order valence-electron chi connectivity index (χ4n) is 3.03. The first-order valence-corrected chi connectivity index (χ1v) is 8.54. The molecule has 23 heavy (non-hydrogen) atoms. The number of hydrogen-bond acceptors (Lipinski definition) is 2. The number of carbonyl (C=O) groups excluding carboxylic acids is 1. The molecular weight excluding hydrogens is 298 g/mol. The van der Waals surface area contributed by atoms with E-state index in [0.29, 0.717) is 0 Å². The van der Waals surface area contributed by atoms with Gasteiger partial charge in [0.25, 0.3) is 5.92 Å². The molecule has 1 aliphatic carbocycles. The van der Waals surface area contributed by atoms with Crippen LogP contribution in [0.2, 0.25) is 0 Å². The molecule has 1 aromatic carbocycles. The van der Waals surface area contributed by atoms with Crippen LogP contribution in [-0.4, -0.2) is 18.5 Å². The molecule has 1 aromatic rings. The van der Waals surface area contributed by atoms with Crippen LogP contribution in [0.4, 0.5) is 8.78 Å². The van der Waals surface area contributed by atoms with Gasteiger partial charge in [-0.2, -0.15) is 0 Å². The molecule has 0 amide bonds. The van der Waals surface area contributed by atoms with Gasteiger partial charge in [0.05, 0.1) is 5.92 Å². The summed E-state index contributed by atoms with van der Waals surface area (Å²) in [4.78, 5) is 11.9. The van der Waals surface area contributed by atoms with E-state index in [1.54, 1.807) is 6.92 Å². The highest BCUT2D eigenvalue weighted by molar-refractivity contribution is 5.77. The van der Waals surface area contributed by atoms with E-state index in [0.717, 1.165) is 17.9 Å². The maximum absolute atomic E-state index is 13.1. The van der Waals surface area contributed by atoms with E-state index in [1.807, 2.05) is 24.3 Å². The Kier molecular flexibility index (Phi) is 6.14. The van der Waals surface area contributed by atoms with E-state index in [1.165, 1.54) is 38.2 Å². The highest BCUT2D eigenvalue weighted by atomic mass is 19.3. The maximum Gasteiger partial charge on any atom is 0.313 e. The van der Waals surface area contributed by atoms with E-state index in [2.05, 4.69) is 0 Å². The number of alkyl halides is 2. The molecule has 0 N–H and O–H groups in total. The zero-order chi connectivity index (χ0) is 16.9. The quantitative estimate of drug-likeness (QED) is 0.651. The third-order valence-corrected chi connectivity index (χ3v) is 4.78. The van der Waals surface area contributed by atoms with E-state index in [4.69, 9.17) is 4.74 Å². The zero-order valence-electron chi connectivity index (χ0n) is 14.0. The molecule has 0 radical (unpaired) electrons. The van der Waals surface area contributed by atoms with Crippen LogP contribution >= 0.6 is 0 Å². The van der Waals surface area contributed by atoms with Crippen molar-refractivity contribution in [2.45, 2.75) is 64.2 Å². The summed E-state index contributed by atoms with van der Waals surface area (Å²) < 4.78 is 31.1. The van der Waals surface area contributed by atoms with E-state index in [-0.39, 0.29) is 6.42 Å². The number of carbonyl (C=O) groups is 1. The van der Waals surface area contributed by atoms with Crippen molar-refractivity contribution in [1.29, 1.82) is 0 Å². The summed E-state index contributed by atoms with van der Waals surface area (Å²) in [6, 6.07) is 7.90. The molecule has 1 unspecified atom stereocenters. The number of hydrogen-bond donors (Lipinski definition) is 0. The monoisotopic (exact) mass is 324 g/mol. The molecule has 128 valence electrons. The van der Waals surface area contributed by atoms with Gasteiger partial charge in [0.15, 0.2) is 6.61 Å². The smallest absolute Gasteiger partial charge is 0.313 e. The Balaban J connectivity index is 1.88. The lowest BCUT2D eigenvalue weighted by atomic mass is 9.95. The first-order chi connectivity index (χ1) is 10.9. The summed E-state index contributed by atoms with van der Waals surface area (Å²) in [6.45, 7) is 2.23. The molecule has 2 rings (SSSR count). The SMILES string of the molecule is CCC(F)(F)COC(=O)C(C)c1ccc(CC2CCCC2)cc1. The van der Waals surface area contributed by atoms with Gasteiger partial charge in [0.2, 0.25) is 0 Å². The Labute approximate surface area is 137 Å². The van der Waals surface area contributed by atoms with Gasteiger partial charge in [-0.1, -0.05) is 56.9 Å². The fourth-order valence-corrected chi connectivity index (χ4v) is 3.03. The summed E-state index contributed by atoms with van der Waals surface area (Å²) >= 11 is 0. The van der Waals surface area contributed by atoms with Crippen LogP contribution in [0.15, 0.2) is 24.3 Å². The third-order valence-electron chi connectivity index (χ3n) is 4.78. The number of ether oxygens (including phenoxy) is 1. The Hall–Kier alpha value is -1.45. The standard InChI is InChI=1S/C19H26F2O2/c1-3-19(20,21)13-23-18(22)14(2)17-10-8-16(9-11-17)12-15-6-4-5-7-15/h8-11,14-15H,3-7,12-13H2,1-2H3. The van der Waals surface area contributed by atoms with E-state index < -0.39 is 24.4 Å². The predicted molar refractivity (Wildman–Crippen MR) is 86.7 cm³/mol. The molecule has 4 heteroatoms. The Bertz CT molecular complexity index is 505. The highest BCUT2D eigenvalue weighted by Crippen LogP contribution is 2.28. The lowest BCUT2D eigenvalue weighted by molar-refractivity contribution is -0.156. The van der Waals surface area contributed by atoms with Crippen LogP contribution in [-0.2, 0) is 16.0 Å². The molecule has 0 spiro atoms. The minimum absolute atomic E-state index is 0.329. The lowest BCUT2D eigenvalue weighted by Crippen LogP contribution is -2.26. The molecule has 0 aromatic heterocycles. The van der Waals surface area contributed by atoms with Gasteiger partial charge in [-0.15, -0.1) is 0 Å². The molecule has 2 nitrogen and oxygen atoms in total. The molecule has 1 atom stereocenters. The summed E-state index contributed by atoms with van der Waals surface area (Å²) in [5.41, 5.74) is 2.09. The van der Waals surface area contributed by atoms with Crippen molar-refractivity contribution in [3.8, 4) is 0 Å². The van der Waals surface area contributed by atoms with Gasteiger partial charge in [-0.05, 0) is 30.4 Å². The fraction of sp³-hybridized carbons (Fsp3) is 0.632. The zero-order valence-corrected chi connectivity index (χ0v) is 14.0. The molecule has 0 aliphatic heterocycles. The average molecular weight is 324 g/mol. The number of benzene rings is 1. The normalized spacial score (nSPS) is 17.2. The number of halogens is 2. The third kappa shape index (κ3) is 5.29. The number of esters is 1. The highest BCUT2D eigenvalue weighted by Gasteiger charge is 2.29. The largest absolute Gasteiger partial charge is 0.459 e. The molecule has 0 bridgehead atoms. The number of rotatable bonds is 7. The van der Waals surface area contributed by atoms with Crippen LogP contribution in [0.1, 0.15) is 63.0 Å². The van der Waals surface area contributed by atoms with Crippen LogP contribution in [0.25, 0.3) is 0 Å². The van der Waals surface area contributed by atoms with Crippen molar-refractivity contribution >= 4 is 5.97 Å². The molecule has 0 heterocycles. The molecular formula is C19H26F2O2. The van der Waals surface area contributed by atoms with Crippen LogP contribution in [0, 0.1) is 5.92 Å². The van der Waals surface area contributed by atoms with Crippen molar-refractivity contribution in [2.75, 3.05) is 6.61 Å². The van der Waals surface area contributed by atoms with Gasteiger partial charge in [0.1, 0.15) is 0 Å². The van der Waals surface area contributed by atoms with Gasteiger partial charge in [-0.25, -0.2) is 8.78 Å². The summed E-state index contributed by atoms with van der Waals surface area (Å²) in [5, 5.41) is 0. The van der Waals surface area contributed by atoms with Crippen LogP contribution < -0.4 is 0 Å². The molecule has 1 saturated carbocycles. The Morgan fingerprint density at radius 3 is 2.43 bits per heavy atom. The molecule has 1 aliphatic rings. The second-order valence-electron chi connectivity index (χ2n) is 6.64. The average Bonchev–Trinajstić information content (AvgIpc) is 3.06. The predicted octanol–water partition coefficient (Wildman–Crippen LogP) is 5.11. The van der Waals surface area contributed by atoms with Crippen LogP contribution in [0.3, 0.4) is 0 Å². The van der Waals surface area contributed by atoms with Crippen molar-refractivity contribution in [2.24, 2.45) is 5.92 Å². The summed E-state index contributed by atoms with van der Waals surface area (Å²) in [5.74, 6) is -3.29. The van der Waals surface area contributed by atoms with Crippen molar-refractivity contribution in [3.63, 3.8) is 0 Å². The van der Waals surface area contributed by atoms with Crippen LogP contribution in [0.5, 0.6) is 0 Å². The van der Waals surface area contributed by atoms with E-state index >= 15 is 0 Å². The Morgan fingerprint density at radius 2 is 1.87 bits per heavy atom. The van der Waals surface area contributed by atoms with Crippen molar-refractivity contribution < 1.29 is 18.3 Å². The van der Waals surface area contributed by atoms with Gasteiger partial charge in [0, 0.05) is 6.42 Å². The molecule has 1 fully saturated rings. The van der Waals surface area contributed by atoms with Crippen molar-refractivity contribution in [3.05, 3.63) is 35.4 Å². The summed E-state index contributed by atoms with van der Waals surface area (Å²) in [7, 11) is 0. The first-order valence-electron chi connectivity index (χ1n) is 8.54. The molecule has 0 saturated heterocycles.